The van der Waals surface area contributed by atoms with Crippen molar-refractivity contribution in [3.63, 3.8) is 0 Å². The molecule has 0 aliphatic heterocycles. The van der Waals surface area contributed by atoms with Crippen molar-refractivity contribution in [2.45, 2.75) is 76.7 Å². The third-order valence-corrected chi connectivity index (χ3v) is 4.56. The van der Waals surface area contributed by atoms with E-state index in [-0.39, 0.29) is 0 Å². The highest BCUT2D eigenvalue weighted by molar-refractivity contribution is 5.84. The molecule has 0 unspecified atom stereocenters. The van der Waals surface area contributed by atoms with Gasteiger partial charge < -0.3 is 5.32 Å². The average molecular weight is 265 g/mol. The molecule has 1 atom stereocenters. The fourth-order valence-corrected chi connectivity index (χ4v) is 3.38. The van der Waals surface area contributed by atoms with Gasteiger partial charge in [-0.25, -0.2) is 0 Å². The molecule has 3 heteroatoms. The lowest BCUT2D eigenvalue weighted by Gasteiger charge is -2.21. The van der Waals surface area contributed by atoms with E-state index in [4.69, 9.17) is 0 Å². The Balaban J connectivity index is 1.63. The van der Waals surface area contributed by atoms with Gasteiger partial charge in [-0.15, -0.1) is 0 Å². The normalized spacial score (nSPS) is 26.1. The predicted molar refractivity (Wildman–Crippen MR) is 76.1 cm³/mol. The van der Waals surface area contributed by atoms with Crippen LogP contribution >= 0.6 is 0 Å². The molecule has 0 aromatic rings. The van der Waals surface area contributed by atoms with Crippen molar-refractivity contribution >= 4 is 11.6 Å². The van der Waals surface area contributed by atoms with E-state index >= 15 is 0 Å². The molecule has 0 amide bonds. The van der Waals surface area contributed by atoms with Crippen LogP contribution < -0.4 is 5.32 Å². The summed E-state index contributed by atoms with van der Waals surface area (Å²) in [6, 6.07) is 0.537. The molecule has 108 valence electrons. The highest BCUT2D eigenvalue weighted by Gasteiger charge is 2.24. The number of hydrogen-bond acceptors (Lipinski definition) is 3. The quantitative estimate of drug-likeness (QED) is 0.831. The molecule has 2 aliphatic carbocycles. The lowest BCUT2D eigenvalue weighted by Crippen LogP contribution is -2.34. The fourth-order valence-electron chi connectivity index (χ4n) is 3.38. The summed E-state index contributed by atoms with van der Waals surface area (Å²) in [6.07, 6.45) is 11.9. The van der Waals surface area contributed by atoms with E-state index in [1.807, 2.05) is 0 Å². The van der Waals surface area contributed by atoms with Crippen molar-refractivity contribution in [3.8, 4) is 0 Å². The zero-order valence-electron chi connectivity index (χ0n) is 12.0. The number of Topliss-reactive ketones (excluding diaryl/α,β-unsaturated/α-hetero) is 2. The number of nitrogens with one attached hydrogen (secondary N) is 1. The minimum atomic E-state index is 0.293. The molecule has 0 bridgehead atoms. The van der Waals surface area contributed by atoms with Crippen LogP contribution in [0.2, 0.25) is 0 Å². The van der Waals surface area contributed by atoms with Crippen LogP contribution in [0.5, 0.6) is 0 Å². The molecule has 0 aromatic carbocycles. The molecule has 0 aromatic heterocycles. The number of ketones is 2. The molecule has 0 spiro atoms. The SMILES string of the molecule is O=C1CC[C@H](CC(=O)CNC2CCCCCCC2)C1. The van der Waals surface area contributed by atoms with Crippen LogP contribution in [0.1, 0.15) is 70.6 Å². The van der Waals surface area contributed by atoms with Crippen LogP contribution in [0.4, 0.5) is 0 Å². The minimum absolute atomic E-state index is 0.293. The van der Waals surface area contributed by atoms with Gasteiger partial charge in [0.25, 0.3) is 0 Å². The monoisotopic (exact) mass is 265 g/mol. The van der Waals surface area contributed by atoms with Crippen LogP contribution in [0.15, 0.2) is 0 Å². The summed E-state index contributed by atoms with van der Waals surface area (Å²) >= 11 is 0. The van der Waals surface area contributed by atoms with E-state index in [9.17, 15) is 9.59 Å². The molecule has 2 saturated carbocycles. The van der Waals surface area contributed by atoms with Crippen molar-refractivity contribution in [2.24, 2.45) is 5.92 Å². The van der Waals surface area contributed by atoms with Gasteiger partial charge in [0.05, 0.1) is 6.54 Å². The third-order valence-electron chi connectivity index (χ3n) is 4.56. The average Bonchev–Trinajstić information content (AvgIpc) is 2.73. The molecule has 0 heterocycles. The summed E-state index contributed by atoms with van der Waals surface area (Å²) in [6.45, 7) is 0.509. The summed E-state index contributed by atoms with van der Waals surface area (Å²) < 4.78 is 0. The smallest absolute Gasteiger partial charge is 0.146 e. The number of carbonyl (C=O) groups excluding carboxylic acids is 2. The molecule has 2 fully saturated rings. The van der Waals surface area contributed by atoms with Gasteiger partial charge in [0.2, 0.25) is 0 Å². The summed E-state index contributed by atoms with van der Waals surface area (Å²) in [7, 11) is 0. The van der Waals surface area contributed by atoms with E-state index in [1.54, 1.807) is 0 Å². The molecular weight excluding hydrogens is 238 g/mol. The van der Waals surface area contributed by atoms with E-state index in [0.29, 0.717) is 49.3 Å². The Morgan fingerprint density at radius 3 is 2.37 bits per heavy atom. The molecule has 0 radical (unpaired) electrons. The summed E-state index contributed by atoms with van der Waals surface area (Å²) in [4.78, 5) is 23.1. The Morgan fingerprint density at radius 2 is 1.74 bits per heavy atom. The van der Waals surface area contributed by atoms with E-state index in [1.165, 1.54) is 44.9 Å². The van der Waals surface area contributed by atoms with Crippen LogP contribution in [-0.2, 0) is 9.59 Å². The van der Waals surface area contributed by atoms with Gasteiger partial charge in [-0.1, -0.05) is 32.1 Å². The Bertz CT molecular complexity index is 306. The number of rotatable bonds is 5. The van der Waals surface area contributed by atoms with Gasteiger partial charge in [0, 0.05) is 25.3 Å². The van der Waals surface area contributed by atoms with E-state index in [0.717, 1.165) is 6.42 Å². The van der Waals surface area contributed by atoms with Crippen molar-refractivity contribution in [1.82, 2.24) is 5.32 Å². The first-order valence-electron chi connectivity index (χ1n) is 8.01. The molecule has 3 nitrogen and oxygen atoms in total. The van der Waals surface area contributed by atoms with Crippen molar-refractivity contribution in [1.29, 1.82) is 0 Å². The number of carbonyl (C=O) groups is 2. The first-order chi connectivity index (χ1) is 9.24. The maximum absolute atomic E-state index is 11.9. The maximum Gasteiger partial charge on any atom is 0.146 e. The second-order valence-electron chi connectivity index (χ2n) is 6.31. The highest BCUT2D eigenvalue weighted by atomic mass is 16.1. The minimum Gasteiger partial charge on any atom is -0.307 e. The molecule has 0 saturated heterocycles. The zero-order chi connectivity index (χ0) is 13.5. The first-order valence-corrected chi connectivity index (χ1v) is 8.01. The topological polar surface area (TPSA) is 46.2 Å². The second-order valence-corrected chi connectivity index (χ2v) is 6.31. The lowest BCUT2D eigenvalue weighted by molar-refractivity contribution is -0.119. The van der Waals surface area contributed by atoms with Crippen molar-refractivity contribution in [3.05, 3.63) is 0 Å². The van der Waals surface area contributed by atoms with Gasteiger partial charge in [-0.05, 0) is 25.2 Å². The molecule has 2 rings (SSSR count). The third kappa shape index (κ3) is 5.43. The van der Waals surface area contributed by atoms with Gasteiger partial charge in [0.1, 0.15) is 11.6 Å². The molecule has 2 aliphatic rings. The van der Waals surface area contributed by atoms with Crippen molar-refractivity contribution in [2.75, 3.05) is 6.54 Å². The molecular formula is C16H27NO2. The zero-order valence-corrected chi connectivity index (χ0v) is 12.0. The summed E-state index contributed by atoms with van der Waals surface area (Å²) in [5.74, 6) is 0.965. The summed E-state index contributed by atoms with van der Waals surface area (Å²) in [5, 5.41) is 3.44. The van der Waals surface area contributed by atoms with Crippen LogP contribution in [0.25, 0.3) is 0 Å². The van der Waals surface area contributed by atoms with Gasteiger partial charge in [-0.3, -0.25) is 9.59 Å². The van der Waals surface area contributed by atoms with E-state index < -0.39 is 0 Å². The van der Waals surface area contributed by atoms with Crippen LogP contribution in [-0.4, -0.2) is 24.2 Å². The predicted octanol–water partition coefficient (Wildman–Crippen LogP) is 3.02. The fraction of sp³-hybridized carbons (Fsp3) is 0.875. The first kappa shape index (κ1) is 14.7. The lowest BCUT2D eigenvalue weighted by atomic mass is 9.96. The Labute approximate surface area is 116 Å². The molecule has 19 heavy (non-hydrogen) atoms. The standard InChI is InChI=1S/C16H27NO2/c18-15-9-8-13(10-15)11-16(19)12-17-14-6-4-2-1-3-5-7-14/h13-14,17H,1-12H2/t13-/m0/s1. The highest BCUT2D eigenvalue weighted by Crippen LogP contribution is 2.25. The van der Waals surface area contributed by atoms with Crippen molar-refractivity contribution < 1.29 is 9.59 Å². The van der Waals surface area contributed by atoms with Gasteiger partial charge >= 0.3 is 0 Å². The van der Waals surface area contributed by atoms with Crippen LogP contribution in [0.3, 0.4) is 0 Å². The van der Waals surface area contributed by atoms with E-state index in [2.05, 4.69) is 5.32 Å². The second kappa shape index (κ2) is 7.78. The number of hydrogen-bond donors (Lipinski definition) is 1. The molecule has 1 N–H and O–H groups in total. The summed E-state index contributed by atoms with van der Waals surface area (Å²) in [5.41, 5.74) is 0. The van der Waals surface area contributed by atoms with Gasteiger partial charge in [-0.2, -0.15) is 0 Å². The largest absolute Gasteiger partial charge is 0.307 e. The Hall–Kier alpha value is -0.700. The van der Waals surface area contributed by atoms with Crippen LogP contribution in [0, 0.1) is 5.92 Å². The Kier molecular flexibility index (Phi) is 6.02. The maximum atomic E-state index is 11.9. The van der Waals surface area contributed by atoms with Gasteiger partial charge in [0.15, 0.2) is 0 Å². The Morgan fingerprint density at radius 1 is 1.05 bits per heavy atom.